The van der Waals surface area contributed by atoms with Crippen molar-refractivity contribution in [2.75, 3.05) is 19.8 Å². The molecule has 0 bridgehead atoms. The van der Waals surface area contributed by atoms with Crippen molar-refractivity contribution in [3.8, 4) is 11.5 Å². The van der Waals surface area contributed by atoms with Crippen molar-refractivity contribution in [2.45, 2.75) is 31.6 Å². The molecule has 2 aromatic rings. The number of ether oxygens (including phenoxy) is 3. The van der Waals surface area contributed by atoms with Crippen LogP contribution in [0.4, 0.5) is 0 Å². The minimum absolute atomic E-state index is 0.00941. The van der Waals surface area contributed by atoms with Gasteiger partial charge in [-0.15, -0.1) is 11.3 Å². The van der Waals surface area contributed by atoms with Crippen molar-refractivity contribution in [3.05, 3.63) is 40.8 Å². The van der Waals surface area contributed by atoms with E-state index in [9.17, 15) is 4.79 Å². The van der Waals surface area contributed by atoms with E-state index >= 15 is 0 Å². The van der Waals surface area contributed by atoms with Crippen LogP contribution in [0.25, 0.3) is 0 Å². The Morgan fingerprint density at radius 2 is 2.20 bits per heavy atom. The second-order valence-corrected chi connectivity index (χ2v) is 7.12. The first-order chi connectivity index (χ1) is 12.3. The van der Waals surface area contributed by atoms with Crippen LogP contribution in [0.15, 0.2) is 35.8 Å². The summed E-state index contributed by atoms with van der Waals surface area (Å²) in [6.07, 6.45) is 2.90. The molecule has 0 aliphatic carbocycles. The van der Waals surface area contributed by atoms with Crippen LogP contribution in [-0.2, 0) is 16.1 Å². The molecule has 4 rings (SSSR count). The molecule has 0 saturated carbocycles. The van der Waals surface area contributed by atoms with Crippen molar-refractivity contribution >= 4 is 17.2 Å². The third-order valence-corrected chi connectivity index (χ3v) is 5.08. The maximum absolute atomic E-state index is 12.9. The Morgan fingerprint density at radius 1 is 1.32 bits per heavy atom. The Balaban J connectivity index is 1.47. The molecule has 1 saturated heterocycles. The number of hydrogen-bond acceptors (Lipinski definition) is 6. The number of benzene rings is 1. The summed E-state index contributed by atoms with van der Waals surface area (Å²) in [6.45, 7) is 1.99. The molecular formula is C18H20N2O4S. The third-order valence-electron chi connectivity index (χ3n) is 4.32. The van der Waals surface area contributed by atoms with E-state index in [2.05, 4.69) is 4.98 Å². The van der Waals surface area contributed by atoms with Gasteiger partial charge in [-0.1, -0.05) is 12.1 Å². The first kappa shape index (κ1) is 16.4. The fraction of sp³-hybridized carbons (Fsp3) is 0.444. The molecule has 0 unspecified atom stereocenters. The van der Waals surface area contributed by atoms with E-state index in [0.717, 1.165) is 29.3 Å². The molecule has 1 fully saturated rings. The summed E-state index contributed by atoms with van der Waals surface area (Å²) in [4.78, 5) is 19.0. The van der Waals surface area contributed by atoms with Gasteiger partial charge in [-0.2, -0.15) is 0 Å². The van der Waals surface area contributed by atoms with Crippen LogP contribution < -0.4 is 9.47 Å². The highest BCUT2D eigenvalue weighted by molar-refractivity contribution is 7.09. The molecule has 2 atom stereocenters. The van der Waals surface area contributed by atoms with Crippen LogP contribution >= 0.6 is 11.3 Å². The van der Waals surface area contributed by atoms with Crippen molar-refractivity contribution < 1.29 is 19.0 Å². The highest BCUT2D eigenvalue weighted by atomic mass is 32.1. The number of carbonyl (C=O) groups is 1. The van der Waals surface area contributed by atoms with Gasteiger partial charge in [-0.3, -0.25) is 4.79 Å². The zero-order valence-electron chi connectivity index (χ0n) is 13.8. The van der Waals surface area contributed by atoms with E-state index in [1.807, 2.05) is 29.6 Å². The lowest BCUT2D eigenvalue weighted by molar-refractivity contribution is -0.143. The third kappa shape index (κ3) is 3.77. The highest BCUT2D eigenvalue weighted by Crippen LogP contribution is 2.31. The number of fused-ring (bicyclic) bond motifs is 1. The van der Waals surface area contributed by atoms with Crippen LogP contribution in [0.3, 0.4) is 0 Å². The molecule has 132 valence electrons. The molecular weight excluding hydrogens is 340 g/mol. The minimum Gasteiger partial charge on any atom is -0.486 e. The molecule has 0 radical (unpaired) electrons. The Hall–Kier alpha value is -2.12. The molecule has 6 nitrogen and oxygen atoms in total. The first-order valence-electron chi connectivity index (χ1n) is 8.47. The molecule has 0 N–H and O–H groups in total. The lowest BCUT2D eigenvalue weighted by Gasteiger charge is -2.32. The molecule has 1 aromatic heterocycles. The van der Waals surface area contributed by atoms with Gasteiger partial charge in [0.1, 0.15) is 17.7 Å². The van der Waals surface area contributed by atoms with E-state index < -0.39 is 0 Å². The van der Waals surface area contributed by atoms with Gasteiger partial charge < -0.3 is 19.1 Å². The number of carbonyl (C=O) groups excluding carboxylic acids is 1. The molecule has 3 heterocycles. The van der Waals surface area contributed by atoms with Gasteiger partial charge in [0, 0.05) is 18.2 Å². The fourth-order valence-corrected chi connectivity index (χ4v) is 3.73. The van der Waals surface area contributed by atoms with Gasteiger partial charge >= 0.3 is 0 Å². The van der Waals surface area contributed by atoms with E-state index in [1.165, 1.54) is 0 Å². The van der Waals surface area contributed by atoms with Gasteiger partial charge in [0.2, 0.25) is 0 Å². The second kappa shape index (κ2) is 7.41. The normalized spacial score (nSPS) is 21.9. The van der Waals surface area contributed by atoms with E-state index in [4.69, 9.17) is 14.2 Å². The molecule has 2 aliphatic rings. The highest BCUT2D eigenvalue weighted by Gasteiger charge is 2.32. The SMILES string of the molecule is O=C([C@@H]1CCCO1)N(Cc1nccs1)C[C@@H]1COc2ccccc2O1. The summed E-state index contributed by atoms with van der Waals surface area (Å²) >= 11 is 1.54. The quantitative estimate of drug-likeness (QED) is 0.820. The maximum Gasteiger partial charge on any atom is 0.252 e. The zero-order chi connectivity index (χ0) is 17.1. The lowest BCUT2D eigenvalue weighted by Crippen LogP contribution is -2.46. The fourth-order valence-electron chi connectivity index (χ4n) is 3.10. The number of para-hydroxylation sites is 2. The number of aromatic nitrogens is 1. The summed E-state index contributed by atoms with van der Waals surface area (Å²) in [7, 11) is 0. The summed E-state index contributed by atoms with van der Waals surface area (Å²) in [5.74, 6) is 1.48. The number of amides is 1. The Morgan fingerprint density at radius 3 is 2.96 bits per heavy atom. The van der Waals surface area contributed by atoms with E-state index in [0.29, 0.717) is 26.3 Å². The van der Waals surface area contributed by atoms with Gasteiger partial charge in [0.05, 0.1) is 13.1 Å². The molecule has 1 aromatic carbocycles. The smallest absolute Gasteiger partial charge is 0.252 e. The first-order valence-corrected chi connectivity index (χ1v) is 9.35. The molecule has 25 heavy (non-hydrogen) atoms. The zero-order valence-corrected chi connectivity index (χ0v) is 14.6. The Labute approximate surface area is 150 Å². The predicted molar refractivity (Wildman–Crippen MR) is 92.9 cm³/mol. The molecule has 1 amide bonds. The number of hydrogen-bond donors (Lipinski definition) is 0. The summed E-state index contributed by atoms with van der Waals surface area (Å²) < 4.78 is 17.4. The van der Waals surface area contributed by atoms with Crippen molar-refractivity contribution in [2.24, 2.45) is 0 Å². The molecule has 7 heteroatoms. The number of rotatable bonds is 5. The summed E-state index contributed by atoms with van der Waals surface area (Å²) in [6, 6.07) is 7.60. The predicted octanol–water partition coefficient (Wildman–Crippen LogP) is 2.49. The van der Waals surface area contributed by atoms with Crippen LogP contribution in [-0.4, -0.2) is 47.8 Å². The largest absolute Gasteiger partial charge is 0.486 e. The van der Waals surface area contributed by atoms with E-state index in [-0.39, 0.29) is 18.1 Å². The number of thiazole rings is 1. The Kier molecular flexibility index (Phi) is 4.85. The van der Waals surface area contributed by atoms with Crippen LogP contribution in [0, 0.1) is 0 Å². The summed E-state index contributed by atoms with van der Waals surface area (Å²) in [5, 5.41) is 2.82. The van der Waals surface area contributed by atoms with Crippen LogP contribution in [0.5, 0.6) is 11.5 Å². The molecule has 2 aliphatic heterocycles. The second-order valence-electron chi connectivity index (χ2n) is 6.14. The van der Waals surface area contributed by atoms with Gasteiger partial charge in [-0.25, -0.2) is 4.98 Å². The van der Waals surface area contributed by atoms with Crippen molar-refractivity contribution in [1.29, 1.82) is 0 Å². The van der Waals surface area contributed by atoms with Gasteiger partial charge in [-0.05, 0) is 25.0 Å². The van der Waals surface area contributed by atoms with Gasteiger partial charge in [0.25, 0.3) is 5.91 Å². The average Bonchev–Trinajstić information content (AvgIpc) is 3.34. The lowest BCUT2D eigenvalue weighted by atomic mass is 10.2. The topological polar surface area (TPSA) is 60.9 Å². The van der Waals surface area contributed by atoms with Crippen molar-refractivity contribution in [1.82, 2.24) is 9.88 Å². The minimum atomic E-state index is -0.350. The standard InChI is InChI=1S/C18H20N2O4S/c21-18(16-6-3-8-22-16)20(11-17-19-7-9-25-17)10-13-12-23-14-4-1-2-5-15(14)24-13/h1-2,4-5,7,9,13,16H,3,6,8,10-12H2/t13-,16+/m1/s1. The van der Waals surface area contributed by atoms with E-state index in [1.54, 1.807) is 22.4 Å². The van der Waals surface area contributed by atoms with Crippen LogP contribution in [0.1, 0.15) is 17.8 Å². The maximum atomic E-state index is 12.9. The Bertz CT molecular complexity index is 716. The average molecular weight is 360 g/mol. The summed E-state index contributed by atoms with van der Waals surface area (Å²) in [5.41, 5.74) is 0. The monoisotopic (exact) mass is 360 g/mol. The molecule has 0 spiro atoms. The van der Waals surface area contributed by atoms with Crippen LogP contribution in [0.2, 0.25) is 0 Å². The van der Waals surface area contributed by atoms with Gasteiger partial charge in [0.15, 0.2) is 17.6 Å². The van der Waals surface area contributed by atoms with Crippen molar-refractivity contribution in [3.63, 3.8) is 0 Å². The number of nitrogens with zero attached hydrogens (tertiary/aromatic N) is 2.